The second kappa shape index (κ2) is 7.25. The molecule has 0 aromatic heterocycles. The van der Waals surface area contributed by atoms with Crippen molar-refractivity contribution in [2.45, 2.75) is 70.0 Å². The minimum atomic E-state index is -0.0215. The number of hydrogen-bond donors (Lipinski definition) is 2. The van der Waals surface area contributed by atoms with Crippen LogP contribution in [-0.4, -0.2) is 49.1 Å². The van der Waals surface area contributed by atoms with Gasteiger partial charge in [-0.25, -0.2) is 0 Å². The zero-order chi connectivity index (χ0) is 13.7. The molecule has 1 aliphatic heterocycles. The zero-order valence-electron chi connectivity index (χ0n) is 12.5. The van der Waals surface area contributed by atoms with Crippen molar-refractivity contribution < 1.29 is 4.79 Å². The Labute approximate surface area is 117 Å². The summed E-state index contributed by atoms with van der Waals surface area (Å²) in [6, 6.07) is 0.897. The molecule has 0 radical (unpaired) electrons. The van der Waals surface area contributed by atoms with Crippen LogP contribution in [0.4, 0.5) is 0 Å². The van der Waals surface area contributed by atoms with Crippen molar-refractivity contribution in [1.82, 2.24) is 15.5 Å². The number of hydrogen-bond acceptors (Lipinski definition) is 3. The third-order valence-electron chi connectivity index (χ3n) is 4.79. The van der Waals surface area contributed by atoms with E-state index >= 15 is 0 Å². The molecule has 2 aliphatic rings. The van der Waals surface area contributed by atoms with E-state index in [-0.39, 0.29) is 11.9 Å². The van der Waals surface area contributed by atoms with Gasteiger partial charge >= 0.3 is 0 Å². The number of carbonyl (C=O) groups excluding carboxylic acids is 1. The molecule has 2 rings (SSSR count). The predicted molar refractivity (Wildman–Crippen MR) is 78.1 cm³/mol. The highest BCUT2D eigenvalue weighted by Gasteiger charge is 2.27. The molecule has 19 heavy (non-hydrogen) atoms. The SMILES string of the molecule is CC(C(=O)NC1CCCCC1)N(C)C1CCCNC1. The second-order valence-corrected chi connectivity index (χ2v) is 6.19. The Balaban J connectivity index is 1.79. The third kappa shape index (κ3) is 4.18. The number of likely N-dealkylation sites (N-methyl/N-ethyl adjacent to an activating group) is 1. The van der Waals surface area contributed by atoms with Gasteiger partial charge in [0, 0.05) is 18.6 Å². The molecule has 110 valence electrons. The average molecular weight is 267 g/mol. The molecule has 1 saturated carbocycles. The molecular formula is C15H29N3O. The van der Waals surface area contributed by atoms with Gasteiger partial charge in [0.25, 0.3) is 0 Å². The summed E-state index contributed by atoms with van der Waals surface area (Å²) < 4.78 is 0. The molecule has 1 saturated heterocycles. The van der Waals surface area contributed by atoms with Gasteiger partial charge in [-0.15, -0.1) is 0 Å². The fourth-order valence-corrected chi connectivity index (χ4v) is 3.25. The molecule has 2 fully saturated rings. The zero-order valence-corrected chi connectivity index (χ0v) is 12.5. The maximum absolute atomic E-state index is 12.3. The van der Waals surface area contributed by atoms with Gasteiger partial charge in [-0.2, -0.15) is 0 Å². The van der Waals surface area contributed by atoms with Crippen LogP contribution in [0.15, 0.2) is 0 Å². The van der Waals surface area contributed by atoms with Crippen molar-refractivity contribution in [2.75, 3.05) is 20.1 Å². The molecule has 0 spiro atoms. The summed E-state index contributed by atoms with van der Waals surface area (Å²) in [5.74, 6) is 0.208. The molecule has 1 heterocycles. The molecule has 0 aromatic carbocycles. The van der Waals surface area contributed by atoms with E-state index in [2.05, 4.69) is 22.6 Å². The first-order chi connectivity index (χ1) is 9.18. The van der Waals surface area contributed by atoms with E-state index in [0.717, 1.165) is 25.9 Å². The normalized spacial score (nSPS) is 27.2. The Morgan fingerprint density at radius 2 is 1.95 bits per heavy atom. The first kappa shape index (κ1) is 14.8. The van der Waals surface area contributed by atoms with E-state index in [4.69, 9.17) is 0 Å². The van der Waals surface area contributed by atoms with E-state index in [1.807, 2.05) is 6.92 Å². The van der Waals surface area contributed by atoms with Gasteiger partial charge in [-0.3, -0.25) is 9.69 Å². The standard InChI is InChI=1S/C15H29N3O/c1-12(18(2)14-9-6-10-16-11-14)15(19)17-13-7-4-3-5-8-13/h12-14,16H,3-11H2,1-2H3,(H,17,19). The van der Waals surface area contributed by atoms with Crippen molar-refractivity contribution in [3.8, 4) is 0 Å². The molecule has 4 nitrogen and oxygen atoms in total. The summed E-state index contributed by atoms with van der Waals surface area (Å²) >= 11 is 0. The molecule has 2 atom stereocenters. The summed E-state index contributed by atoms with van der Waals surface area (Å²) in [6.07, 6.45) is 8.59. The quantitative estimate of drug-likeness (QED) is 0.811. The van der Waals surface area contributed by atoms with Gasteiger partial charge in [0.2, 0.25) is 5.91 Å². The number of amides is 1. The third-order valence-corrected chi connectivity index (χ3v) is 4.79. The van der Waals surface area contributed by atoms with Crippen LogP contribution in [0.2, 0.25) is 0 Å². The van der Waals surface area contributed by atoms with Crippen LogP contribution in [0.25, 0.3) is 0 Å². The van der Waals surface area contributed by atoms with Crippen LogP contribution in [0.3, 0.4) is 0 Å². The van der Waals surface area contributed by atoms with Crippen molar-refractivity contribution in [2.24, 2.45) is 0 Å². The van der Waals surface area contributed by atoms with Crippen LogP contribution in [0, 0.1) is 0 Å². The average Bonchev–Trinajstić information content (AvgIpc) is 2.47. The molecule has 1 amide bonds. The van der Waals surface area contributed by atoms with Crippen molar-refractivity contribution >= 4 is 5.91 Å². The number of nitrogens with zero attached hydrogens (tertiary/aromatic N) is 1. The van der Waals surface area contributed by atoms with Crippen molar-refractivity contribution in [3.63, 3.8) is 0 Å². The maximum Gasteiger partial charge on any atom is 0.237 e. The summed E-state index contributed by atoms with van der Waals surface area (Å²) in [5.41, 5.74) is 0. The minimum Gasteiger partial charge on any atom is -0.352 e. The fourth-order valence-electron chi connectivity index (χ4n) is 3.25. The van der Waals surface area contributed by atoms with Crippen LogP contribution in [0.1, 0.15) is 51.9 Å². The first-order valence-electron chi connectivity index (χ1n) is 7.91. The van der Waals surface area contributed by atoms with Gasteiger partial charge in [0.05, 0.1) is 6.04 Å². The van der Waals surface area contributed by atoms with Crippen LogP contribution in [-0.2, 0) is 4.79 Å². The summed E-state index contributed by atoms with van der Waals surface area (Å²) in [7, 11) is 2.09. The largest absolute Gasteiger partial charge is 0.352 e. The van der Waals surface area contributed by atoms with Gasteiger partial charge in [0.1, 0.15) is 0 Å². The number of carbonyl (C=O) groups is 1. The van der Waals surface area contributed by atoms with Crippen LogP contribution >= 0.6 is 0 Å². The minimum absolute atomic E-state index is 0.0215. The second-order valence-electron chi connectivity index (χ2n) is 6.19. The lowest BCUT2D eigenvalue weighted by molar-refractivity contribution is -0.127. The smallest absolute Gasteiger partial charge is 0.237 e. The van der Waals surface area contributed by atoms with E-state index in [0.29, 0.717) is 12.1 Å². The summed E-state index contributed by atoms with van der Waals surface area (Å²) in [6.45, 7) is 4.16. The molecule has 0 aromatic rings. The lowest BCUT2D eigenvalue weighted by Gasteiger charge is -2.36. The van der Waals surface area contributed by atoms with Crippen LogP contribution < -0.4 is 10.6 Å². The summed E-state index contributed by atoms with van der Waals surface area (Å²) in [5, 5.41) is 6.66. The molecule has 2 unspecified atom stereocenters. The van der Waals surface area contributed by atoms with Crippen molar-refractivity contribution in [3.05, 3.63) is 0 Å². The Morgan fingerprint density at radius 1 is 1.21 bits per heavy atom. The van der Waals surface area contributed by atoms with E-state index in [1.165, 1.54) is 32.1 Å². The molecular weight excluding hydrogens is 238 g/mol. The number of rotatable bonds is 4. The molecule has 0 bridgehead atoms. The molecule has 4 heteroatoms. The highest BCUT2D eigenvalue weighted by Crippen LogP contribution is 2.18. The Hall–Kier alpha value is -0.610. The lowest BCUT2D eigenvalue weighted by atomic mass is 9.95. The lowest BCUT2D eigenvalue weighted by Crippen LogP contribution is -2.53. The molecule has 2 N–H and O–H groups in total. The Kier molecular flexibility index (Phi) is 5.64. The fraction of sp³-hybridized carbons (Fsp3) is 0.933. The van der Waals surface area contributed by atoms with Gasteiger partial charge in [-0.05, 0) is 46.2 Å². The van der Waals surface area contributed by atoms with E-state index in [1.54, 1.807) is 0 Å². The van der Waals surface area contributed by atoms with E-state index < -0.39 is 0 Å². The van der Waals surface area contributed by atoms with Gasteiger partial charge in [-0.1, -0.05) is 19.3 Å². The Morgan fingerprint density at radius 3 is 2.58 bits per heavy atom. The van der Waals surface area contributed by atoms with E-state index in [9.17, 15) is 4.79 Å². The first-order valence-corrected chi connectivity index (χ1v) is 7.91. The topological polar surface area (TPSA) is 44.4 Å². The highest BCUT2D eigenvalue weighted by atomic mass is 16.2. The predicted octanol–water partition coefficient (Wildman–Crippen LogP) is 1.51. The number of piperidine rings is 1. The maximum atomic E-state index is 12.3. The van der Waals surface area contributed by atoms with Crippen LogP contribution in [0.5, 0.6) is 0 Å². The van der Waals surface area contributed by atoms with Gasteiger partial charge in [0.15, 0.2) is 0 Å². The highest BCUT2D eigenvalue weighted by molar-refractivity contribution is 5.81. The van der Waals surface area contributed by atoms with Crippen molar-refractivity contribution in [1.29, 1.82) is 0 Å². The Bertz CT molecular complexity index is 283. The number of nitrogens with one attached hydrogen (secondary N) is 2. The monoisotopic (exact) mass is 267 g/mol. The molecule has 1 aliphatic carbocycles. The van der Waals surface area contributed by atoms with Gasteiger partial charge < -0.3 is 10.6 Å². The summed E-state index contributed by atoms with van der Waals surface area (Å²) in [4.78, 5) is 14.6.